The van der Waals surface area contributed by atoms with Crippen LogP contribution in [0.2, 0.25) is 0 Å². The van der Waals surface area contributed by atoms with Gasteiger partial charge in [0.05, 0.1) is 12.2 Å². The predicted molar refractivity (Wildman–Crippen MR) is 108 cm³/mol. The molecule has 0 aromatic carbocycles. The smallest absolute Gasteiger partial charge is 0.392 e. The maximum Gasteiger partial charge on any atom is 0.417 e. The lowest BCUT2D eigenvalue weighted by atomic mass is 9.75. The van der Waals surface area contributed by atoms with E-state index < -0.39 is 23.8 Å². The third-order valence-electron chi connectivity index (χ3n) is 8.89. The van der Waals surface area contributed by atoms with E-state index in [1.54, 1.807) is 0 Å². The number of ether oxygens (including phenoxy) is 2. The van der Waals surface area contributed by atoms with Gasteiger partial charge >= 0.3 is 6.18 Å². The highest BCUT2D eigenvalue weighted by Gasteiger charge is 2.66. The van der Waals surface area contributed by atoms with Gasteiger partial charge < -0.3 is 14.6 Å². The van der Waals surface area contributed by atoms with Crippen molar-refractivity contribution >= 4 is 0 Å². The lowest BCUT2D eigenvalue weighted by Gasteiger charge is -2.41. The molecule has 3 fully saturated rings. The zero-order valence-corrected chi connectivity index (χ0v) is 18.6. The van der Waals surface area contributed by atoms with E-state index >= 15 is 0 Å². The van der Waals surface area contributed by atoms with Crippen LogP contribution >= 0.6 is 0 Å². The van der Waals surface area contributed by atoms with Crippen LogP contribution in [0.25, 0.3) is 0 Å². The van der Waals surface area contributed by atoms with Crippen LogP contribution in [0.3, 0.4) is 0 Å². The summed E-state index contributed by atoms with van der Waals surface area (Å²) in [7, 11) is 0. The summed E-state index contributed by atoms with van der Waals surface area (Å²) in [5, 5.41) is 10.9. The van der Waals surface area contributed by atoms with Crippen molar-refractivity contribution in [1.82, 2.24) is 0 Å². The first-order chi connectivity index (χ1) is 14.0. The zero-order chi connectivity index (χ0) is 21.8. The number of fused-ring (bicyclic) bond motifs is 5. The highest BCUT2D eigenvalue weighted by atomic mass is 19.4. The van der Waals surface area contributed by atoms with Crippen molar-refractivity contribution < 1.29 is 27.8 Å². The molecular weight excluding hydrogens is 393 g/mol. The Bertz CT molecular complexity index is 648. The van der Waals surface area contributed by atoms with Crippen molar-refractivity contribution in [3.63, 3.8) is 0 Å². The monoisotopic (exact) mass is 430 g/mol. The maximum atomic E-state index is 14.2. The van der Waals surface area contributed by atoms with E-state index in [1.165, 1.54) is 0 Å². The van der Waals surface area contributed by atoms with Crippen LogP contribution < -0.4 is 0 Å². The predicted octanol–water partition coefficient (Wildman–Crippen LogP) is 5.58. The van der Waals surface area contributed by atoms with Crippen LogP contribution in [-0.4, -0.2) is 35.9 Å². The summed E-state index contributed by atoms with van der Waals surface area (Å²) < 4.78 is 54.2. The molecule has 0 aliphatic heterocycles. The number of allylic oxidation sites excluding steroid dienone is 2. The molecule has 0 aromatic heterocycles. The summed E-state index contributed by atoms with van der Waals surface area (Å²) in [5.74, 6) is 0.922. The third kappa shape index (κ3) is 3.75. The average molecular weight is 431 g/mol. The Labute approximate surface area is 178 Å². The van der Waals surface area contributed by atoms with Crippen molar-refractivity contribution in [3.8, 4) is 0 Å². The lowest BCUT2D eigenvalue weighted by Crippen LogP contribution is -2.54. The Hall–Kier alpha value is -0.590. The minimum atomic E-state index is -4.57. The Morgan fingerprint density at radius 3 is 2.40 bits per heavy atom. The Morgan fingerprint density at radius 1 is 1.07 bits per heavy atom. The molecular formula is C24H37F3O3. The van der Waals surface area contributed by atoms with Crippen LogP contribution in [0.5, 0.6) is 0 Å². The zero-order valence-electron chi connectivity index (χ0n) is 18.6. The molecule has 0 aromatic rings. The number of alkyl halides is 3. The van der Waals surface area contributed by atoms with Crippen molar-refractivity contribution in [2.45, 2.75) is 83.8 Å². The molecule has 1 N–H and O–H groups in total. The molecule has 4 rings (SSSR count). The number of hydrogen-bond donors (Lipinski definition) is 1. The fourth-order valence-electron chi connectivity index (χ4n) is 7.00. The standard InChI is InChI=1S/C24H37F3O3/c1-13(2)17-8-5-14(3)9-20(17)29-12-30-23(4,24(25,26)27)19-11-18-15-6-7-16(10-15)21(18)22(19)28/h6-7,13-22,28H,5,8-12H2,1-4H3. The fraction of sp³-hybridized carbons (Fsp3) is 0.917. The first-order valence-corrected chi connectivity index (χ1v) is 11.7. The second-order valence-electron chi connectivity index (χ2n) is 10.9. The van der Waals surface area contributed by atoms with Gasteiger partial charge in [-0.05, 0) is 74.0 Å². The van der Waals surface area contributed by atoms with E-state index in [1.807, 2.05) is 0 Å². The number of hydrogen-bond acceptors (Lipinski definition) is 3. The van der Waals surface area contributed by atoms with Gasteiger partial charge in [0, 0.05) is 5.92 Å². The van der Waals surface area contributed by atoms with E-state index in [-0.39, 0.29) is 30.7 Å². The summed E-state index contributed by atoms with van der Waals surface area (Å²) in [6.45, 7) is 7.20. The summed E-state index contributed by atoms with van der Waals surface area (Å²) in [5.41, 5.74) is -2.40. The quantitative estimate of drug-likeness (QED) is 0.442. The molecule has 6 heteroatoms. The van der Waals surface area contributed by atoms with Crippen LogP contribution in [0.15, 0.2) is 12.2 Å². The van der Waals surface area contributed by atoms with E-state index in [2.05, 4.69) is 32.9 Å². The van der Waals surface area contributed by atoms with Gasteiger partial charge in [-0.2, -0.15) is 13.2 Å². The third-order valence-corrected chi connectivity index (χ3v) is 8.89. The molecule has 172 valence electrons. The Kier molecular flexibility index (Phi) is 6.08. The summed E-state index contributed by atoms with van der Waals surface area (Å²) in [4.78, 5) is 0. The molecule has 0 amide bonds. The van der Waals surface area contributed by atoms with Crippen LogP contribution in [0, 0.1) is 47.3 Å². The normalized spacial score (nSPS) is 45.2. The van der Waals surface area contributed by atoms with Gasteiger partial charge in [-0.25, -0.2) is 0 Å². The molecule has 4 aliphatic carbocycles. The highest BCUT2D eigenvalue weighted by molar-refractivity contribution is 5.19. The van der Waals surface area contributed by atoms with Gasteiger partial charge in [0.15, 0.2) is 5.60 Å². The fourth-order valence-corrected chi connectivity index (χ4v) is 7.00. The summed E-state index contributed by atoms with van der Waals surface area (Å²) in [6.07, 6.45) is 2.97. The minimum Gasteiger partial charge on any atom is -0.392 e. The molecule has 0 heterocycles. The number of halogens is 3. The molecule has 0 radical (unpaired) electrons. The van der Waals surface area contributed by atoms with Crippen LogP contribution in [-0.2, 0) is 9.47 Å². The number of aliphatic hydroxyl groups is 1. The van der Waals surface area contributed by atoms with Crippen molar-refractivity contribution in [2.75, 3.05) is 6.79 Å². The molecule has 0 spiro atoms. The average Bonchev–Trinajstić information content (AvgIpc) is 3.34. The number of aliphatic hydroxyl groups excluding tert-OH is 1. The van der Waals surface area contributed by atoms with Gasteiger partial charge in [0.25, 0.3) is 0 Å². The largest absolute Gasteiger partial charge is 0.417 e. The Balaban J connectivity index is 1.44. The van der Waals surface area contributed by atoms with Gasteiger partial charge in [-0.15, -0.1) is 0 Å². The van der Waals surface area contributed by atoms with E-state index in [0.717, 1.165) is 32.6 Å². The molecule has 0 saturated heterocycles. The lowest BCUT2D eigenvalue weighted by molar-refractivity contribution is -0.322. The van der Waals surface area contributed by atoms with E-state index in [4.69, 9.17) is 9.47 Å². The molecule has 30 heavy (non-hydrogen) atoms. The van der Waals surface area contributed by atoms with Crippen molar-refractivity contribution in [2.24, 2.45) is 47.3 Å². The number of rotatable bonds is 6. The first-order valence-electron chi connectivity index (χ1n) is 11.7. The molecule has 10 atom stereocenters. The minimum absolute atomic E-state index is 0.0688. The molecule has 4 aliphatic rings. The summed E-state index contributed by atoms with van der Waals surface area (Å²) in [6, 6.07) is 0. The van der Waals surface area contributed by atoms with Crippen molar-refractivity contribution in [3.05, 3.63) is 12.2 Å². The maximum absolute atomic E-state index is 14.2. The van der Waals surface area contributed by atoms with Crippen LogP contribution in [0.1, 0.15) is 59.8 Å². The van der Waals surface area contributed by atoms with E-state index in [0.29, 0.717) is 30.1 Å². The van der Waals surface area contributed by atoms with Gasteiger partial charge in [-0.1, -0.05) is 39.3 Å². The van der Waals surface area contributed by atoms with Gasteiger partial charge in [0.2, 0.25) is 0 Å². The summed E-state index contributed by atoms with van der Waals surface area (Å²) >= 11 is 0. The highest BCUT2D eigenvalue weighted by Crippen LogP contribution is 2.60. The second kappa shape index (κ2) is 8.08. The Morgan fingerprint density at radius 2 is 1.77 bits per heavy atom. The molecule has 3 saturated carbocycles. The van der Waals surface area contributed by atoms with Crippen molar-refractivity contribution in [1.29, 1.82) is 0 Å². The second-order valence-corrected chi connectivity index (χ2v) is 10.9. The van der Waals surface area contributed by atoms with Crippen LogP contribution in [0.4, 0.5) is 13.2 Å². The van der Waals surface area contributed by atoms with E-state index in [9.17, 15) is 18.3 Å². The topological polar surface area (TPSA) is 38.7 Å². The van der Waals surface area contributed by atoms with Gasteiger partial charge in [-0.3, -0.25) is 0 Å². The van der Waals surface area contributed by atoms with Gasteiger partial charge in [0.1, 0.15) is 6.79 Å². The SMILES string of the molecule is CC1CCC(C(C)C)C(OCOC(C)(C2CC3C4C=CC(C4)C3C2O)C(F)(F)F)C1. The molecule has 10 unspecified atom stereocenters. The first kappa shape index (κ1) is 22.6. The molecule has 2 bridgehead atoms. The molecule has 3 nitrogen and oxygen atoms in total.